The summed E-state index contributed by atoms with van der Waals surface area (Å²) in [7, 11) is 0. The Morgan fingerprint density at radius 1 is 1.37 bits per heavy atom. The van der Waals surface area contributed by atoms with E-state index in [1.807, 2.05) is 32.0 Å². The van der Waals surface area contributed by atoms with Crippen LogP contribution in [0, 0.1) is 5.41 Å². The smallest absolute Gasteiger partial charge is 0.251 e. The number of rotatable bonds is 5. The number of fused-ring (bicyclic) bond motifs is 1. The number of nitrogens with one attached hydrogen (secondary N) is 1. The standard InChI is InChI=1S/C15H21NO3/c1-15(2,5-6-17)10-16-14(18)11-3-4-12-8-19-9-13(12)7-11/h3-4,7,17H,5-6,8-10H2,1-2H3,(H,16,18). The summed E-state index contributed by atoms with van der Waals surface area (Å²) in [5, 5.41) is 11.9. The summed E-state index contributed by atoms with van der Waals surface area (Å²) in [5.41, 5.74) is 2.84. The third kappa shape index (κ3) is 3.55. The van der Waals surface area contributed by atoms with E-state index in [-0.39, 0.29) is 17.9 Å². The van der Waals surface area contributed by atoms with Crippen LogP contribution in [0.4, 0.5) is 0 Å². The Morgan fingerprint density at radius 3 is 2.84 bits per heavy atom. The van der Waals surface area contributed by atoms with E-state index in [0.29, 0.717) is 31.7 Å². The van der Waals surface area contributed by atoms with Crippen molar-refractivity contribution in [2.45, 2.75) is 33.5 Å². The van der Waals surface area contributed by atoms with Gasteiger partial charge in [0.2, 0.25) is 0 Å². The van der Waals surface area contributed by atoms with Crippen molar-refractivity contribution in [1.82, 2.24) is 5.32 Å². The fourth-order valence-electron chi connectivity index (χ4n) is 2.13. The van der Waals surface area contributed by atoms with Crippen molar-refractivity contribution in [3.05, 3.63) is 34.9 Å². The zero-order valence-corrected chi connectivity index (χ0v) is 11.5. The highest BCUT2D eigenvalue weighted by atomic mass is 16.5. The third-order valence-electron chi connectivity index (χ3n) is 3.50. The minimum atomic E-state index is -0.0930. The van der Waals surface area contributed by atoms with Crippen molar-refractivity contribution in [1.29, 1.82) is 0 Å². The molecule has 1 aromatic rings. The molecular formula is C15H21NO3. The lowest BCUT2D eigenvalue weighted by molar-refractivity contribution is 0.0928. The summed E-state index contributed by atoms with van der Waals surface area (Å²) >= 11 is 0. The molecule has 0 bridgehead atoms. The minimum absolute atomic E-state index is 0.0688. The van der Waals surface area contributed by atoms with Crippen LogP contribution in [0.1, 0.15) is 41.8 Å². The molecule has 0 saturated carbocycles. The first-order valence-electron chi connectivity index (χ1n) is 6.60. The number of aliphatic hydroxyl groups excluding tert-OH is 1. The van der Waals surface area contributed by atoms with Crippen LogP contribution in [-0.2, 0) is 18.0 Å². The molecule has 2 rings (SSSR count). The Labute approximate surface area is 113 Å². The van der Waals surface area contributed by atoms with Crippen molar-refractivity contribution in [2.24, 2.45) is 5.41 Å². The summed E-state index contributed by atoms with van der Waals surface area (Å²) < 4.78 is 5.34. The molecule has 4 nitrogen and oxygen atoms in total. The van der Waals surface area contributed by atoms with Crippen molar-refractivity contribution in [2.75, 3.05) is 13.2 Å². The molecule has 2 N–H and O–H groups in total. The molecule has 0 saturated heterocycles. The first-order chi connectivity index (χ1) is 9.02. The van der Waals surface area contributed by atoms with Gasteiger partial charge in [0, 0.05) is 18.7 Å². The van der Waals surface area contributed by atoms with Gasteiger partial charge in [-0.25, -0.2) is 0 Å². The molecule has 1 heterocycles. The van der Waals surface area contributed by atoms with Crippen LogP contribution in [0.25, 0.3) is 0 Å². The van der Waals surface area contributed by atoms with E-state index in [4.69, 9.17) is 9.84 Å². The normalized spacial score (nSPS) is 14.3. The molecule has 0 unspecified atom stereocenters. The first-order valence-corrected chi connectivity index (χ1v) is 6.60. The number of aliphatic hydroxyl groups is 1. The Balaban J connectivity index is 1.97. The number of benzene rings is 1. The van der Waals surface area contributed by atoms with E-state index in [0.717, 1.165) is 11.1 Å². The van der Waals surface area contributed by atoms with Gasteiger partial charge in [0.1, 0.15) is 0 Å². The van der Waals surface area contributed by atoms with Gasteiger partial charge in [0.05, 0.1) is 13.2 Å². The summed E-state index contributed by atoms with van der Waals surface area (Å²) in [4.78, 5) is 12.1. The monoisotopic (exact) mass is 263 g/mol. The van der Waals surface area contributed by atoms with E-state index in [1.54, 1.807) is 0 Å². The molecule has 0 fully saturated rings. The Bertz CT molecular complexity index is 468. The van der Waals surface area contributed by atoms with Crippen molar-refractivity contribution >= 4 is 5.91 Å². The molecule has 104 valence electrons. The van der Waals surface area contributed by atoms with Gasteiger partial charge in [-0.15, -0.1) is 0 Å². The fraction of sp³-hybridized carbons (Fsp3) is 0.533. The lowest BCUT2D eigenvalue weighted by atomic mass is 9.89. The molecule has 0 radical (unpaired) electrons. The largest absolute Gasteiger partial charge is 0.396 e. The van der Waals surface area contributed by atoms with Gasteiger partial charge in [-0.3, -0.25) is 4.79 Å². The summed E-state index contributed by atoms with van der Waals surface area (Å²) in [5.74, 6) is -0.0688. The van der Waals surface area contributed by atoms with Gasteiger partial charge in [0.25, 0.3) is 5.91 Å². The maximum Gasteiger partial charge on any atom is 0.251 e. The number of carbonyl (C=O) groups excluding carboxylic acids is 1. The number of ether oxygens (including phenoxy) is 1. The quantitative estimate of drug-likeness (QED) is 0.852. The van der Waals surface area contributed by atoms with E-state index in [9.17, 15) is 4.79 Å². The molecule has 1 aliphatic heterocycles. The number of amides is 1. The molecule has 0 spiro atoms. The Kier molecular flexibility index (Phi) is 4.22. The molecule has 1 aliphatic rings. The molecule has 1 aromatic carbocycles. The van der Waals surface area contributed by atoms with Crippen molar-refractivity contribution in [3.63, 3.8) is 0 Å². The van der Waals surface area contributed by atoms with Crippen molar-refractivity contribution in [3.8, 4) is 0 Å². The molecule has 19 heavy (non-hydrogen) atoms. The SMILES string of the molecule is CC(C)(CCO)CNC(=O)c1ccc2c(c1)COC2. The van der Waals surface area contributed by atoms with Crippen LogP contribution < -0.4 is 5.32 Å². The number of carbonyl (C=O) groups is 1. The van der Waals surface area contributed by atoms with Gasteiger partial charge < -0.3 is 15.2 Å². The molecule has 0 aromatic heterocycles. The van der Waals surface area contributed by atoms with E-state index in [1.165, 1.54) is 0 Å². The lowest BCUT2D eigenvalue weighted by Gasteiger charge is -2.23. The fourth-order valence-corrected chi connectivity index (χ4v) is 2.13. The third-order valence-corrected chi connectivity index (χ3v) is 3.50. The molecule has 1 amide bonds. The van der Waals surface area contributed by atoms with Gasteiger partial charge >= 0.3 is 0 Å². The second-order valence-corrected chi connectivity index (χ2v) is 5.80. The Morgan fingerprint density at radius 2 is 2.11 bits per heavy atom. The molecule has 0 aliphatic carbocycles. The van der Waals surface area contributed by atoms with Gasteiger partial charge in [-0.05, 0) is 35.1 Å². The van der Waals surface area contributed by atoms with Crippen LogP contribution in [0.3, 0.4) is 0 Å². The van der Waals surface area contributed by atoms with Crippen LogP contribution in [0.5, 0.6) is 0 Å². The number of hydrogen-bond donors (Lipinski definition) is 2. The van der Waals surface area contributed by atoms with Crippen LogP contribution in [0.15, 0.2) is 18.2 Å². The first kappa shape index (κ1) is 14.0. The average molecular weight is 263 g/mol. The Hall–Kier alpha value is -1.39. The van der Waals surface area contributed by atoms with E-state index < -0.39 is 0 Å². The second-order valence-electron chi connectivity index (χ2n) is 5.80. The van der Waals surface area contributed by atoms with Gasteiger partial charge in [0.15, 0.2) is 0 Å². The topological polar surface area (TPSA) is 58.6 Å². The minimum Gasteiger partial charge on any atom is -0.396 e. The van der Waals surface area contributed by atoms with Gasteiger partial charge in [-0.2, -0.15) is 0 Å². The molecule has 4 heteroatoms. The highest BCUT2D eigenvalue weighted by molar-refractivity contribution is 5.94. The maximum atomic E-state index is 12.1. The second kappa shape index (κ2) is 5.72. The zero-order valence-electron chi connectivity index (χ0n) is 11.5. The maximum absolute atomic E-state index is 12.1. The van der Waals surface area contributed by atoms with Crippen LogP contribution in [0.2, 0.25) is 0 Å². The average Bonchev–Trinajstić information content (AvgIpc) is 2.83. The molecule has 0 atom stereocenters. The van der Waals surface area contributed by atoms with Crippen LogP contribution >= 0.6 is 0 Å². The van der Waals surface area contributed by atoms with Crippen LogP contribution in [-0.4, -0.2) is 24.2 Å². The zero-order chi connectivity index (χ0) is 13.9. The molecular weight excluding hydrogens is 242 g/mol. The highest BCUT2D eigenvalue weighted by Crippen LogP contribution is 2.21. The van der Waals surface area contributed by atoms with Gasteiger partial charge in [-0.1, -0.05) is 19.9 Å². The predicted octanol–water partition coefficient (Wildman–Crippen LogP) is 1.86. The van der Waals surface area contributed by atoms with E-state index in [2.05, 4.69) is 5.32 Å². The predicted molar refractivity (Wildman–Crippen MR) is 72.8 cm³/mol. The summed E-state index contributed by atoms with van der Waals surface area (Å²) in [6.07, 6.45) is 0.672. The lowest BCUT2D eigenvalue weighted by Crippen LogP contribution is -2.34. The summed E-state index contributed by atoms with van der Waals surface area (Å²) in [6.45, 7) is 5.98. The summed E-state index contributed by atoms with van der Waals surface area (Å²) in [6, 6.07) is 5.69. The number of hydrogen-bond acceptors (Lipinski definition) is 3. The highest BCUT2D eigenvalue weighted by Gasteiger charge is 2.19. The van der Waals surface area contributed by atoms with Crippen molar-refractivity contribution < 1.29 is 14.6 Å². The van der Waals surface area contributed by atoms with E-state index >= 15 is 0 Å².